The molecular formula is C46H59N3O9. The van der Waals surface area contributed by atoms with E-state index in [1.165, 1.54) is 35.8 Å². The number of nitrogens with zero attached hydrogens (tertiary/aromatic N) is 3. The fourth-order valence-corrected chi connectivity index (χ4v) is 6.89. The number of hydrogen-bond donors (Lipinski definition) is 0. The molecule has 58 heavy (non-hydrogen) atoms. The summed E-state index contributed by atoms with van der Waals surface area (Å²) >= 11 is 0. The zero-order valence-electron chi connectivity index (χ0n) is 35.2. The molecule has 3 amide bonds. The minimum Gasteiger partial charge on any atom is -0.450 e. The molecule has 0 aliphatic carbocycles. The molecule has 3 aromatic carbocycles. The van der Waals surface area contributed by atoms with Gasteiger partial charge in [0.2, 0.25) is 0 Å². The zero-order chi connectivity index (χ0) is 42.7. The van der Waals surface area contributed by atoms with E-state index >= 15 is 0 Å². The molecule has 1 aliphatic heterocycles. The summed E-state index contributed by atoms with van der Waals surface area (Å²) < 4.78 is 18.2. The Morgan fingerprint density at radius 1 is 0.448 bits per heavy atom. The number of esters is 3. The van der Waals surface area contributed by atoms with Crippen LogP contribution in [0.4, 0.5) is 0 Å². The first-order chi connectivity index (χ1) is 27.5. The Labute approximate surface area is 342 Å². The van der Waals surface area contributed by atoms with E-state index in [1.54, 1.807) is 46.8 Å². The minimum absolute atomic E-state index is 0.0311. The Morgan fingerprint density at radius 2 is 0.707 bits per heavy atom. The number of benzene rings is 3. The predicted octanol–water partition coefficient (Wildman–Crippen LogP) is 5.30. The van der Waals surface area contributed by atoms with Crippen LogP contribution in [0, 0.1) is 17.8 Å². The van der Waals surface area contributed by atoms with Crippen LogP contribution in [0.15, 0.2) is 91.0 Å². The summed E-state index contributed by atoms with van der Waals surface area (Å²) in [4.78, 5) is 90.4. The number of amides is 3. The molecule has 12 nitrogen and oxygen atoms in total. The Balaban J connectivity index is 1.90. The highest BCUT2D eigenvalue weighted by molar-refractivity contribution is 5.94. The summed E-state index contributed by atoms with van der Waals surface area (Å²) in [5, 5.41) is 0. The average Bonchev–Trinajstić information content (AvgIpc) is 3.22. The van der Waals surface area contributed by atoms with Crippen molar-refractivity contribution in [3.05, 3.63) is 108 Å². The van der Waals surface area contributed by atoms with Crippen molar-refractivity contribution in [2.75, 3.05) is 21.1 Å². The van der Waals surface area contributed by atoms with E-state index < -0.39 is 89.8 Å². The van der Waals surface area contributed by atoms with Gasteiger partial charge < -0.3 is 28.9 Å². The quantitative estimate of drug-likeness (QED) is 0.198. The molecule has 1 aliphatic rings. The summed E-state index contributed by atoms with van der Waals surface area (Å²) in [7, 11) is 4.34. The molecular weight excluding hydrogens is 739 g/mol. The topological polar surface area (TPSA) is 140 Å². The molecule has 0 saturated carbocycles. The van der Waals surface area contributed by atoms with Gasteiger partial charge in [-0.25, -0.2) is 14.4 Å². The molecule has 3 aromatic rings. The second-order valence-electron chi connectivity index (χ2n) is 15.9. The van der Waals surface area contributed by atoms with E-state index in [2.05, 4.69) is 0 Å². The van der Waals surface area contributed by atoms with Crippen LogP contribution in [-0.2, 0) is 62.2 Å². The van der Waals surface area contributed by atoms with Gasteiger partial charge in [-0.15, -0.1) is 0 Å². The van der Waals surface area contributed by atoms with Crippen molar-refractivity contribution < 1.29 is 43.0 Å². The Hall–Kier alpha value is -5.52. The van der Waals surface area contributed by atoms with Gasteiger partial charge in [-0.1, -0.05) is 133 Å². The van der Waals surface area contributed by atoms with E-state index in [4.69, 9.17) is 14.2 Å². The van der Waals surface area contributed by atoms with Gasteiger partial charge >= 0.3 is 17.9 Å². The van der Waals surface area contributed by atoms with Crippen molar-refractivity contribution in [3.8, 4) is 0 Å². The summed E-state index contributed by atoms with van der Waals surface area (Å²) in [5.74, 6) is -6.09. The lowest BCUT2D eigenvalue weighted by Gasteiger charge is -2.37. The van der Waals surface area contributed by atoms with Gasteiger partial charge in [-0.2, -0.15) is 0 Å². The molecule has 0 spiro atoms. The number of rotatable bonds is 10. The van der Waals surface area contributed by atoms with Crippen LogP contribution >= 0.6 is 0 Å². The zero-order valence-corrected chi connectivity index (χ0v) is 35.2. The monoisotopic (exact) mass is 797 g/mol. The minimum atomic E-state index is -1.36. The maximum atomic E-state index is 14.6. The lowest BCUT2D eigenvalue weighted by molar-refractivity contribution is -0.179. The van der Waals surface area contributed by atoms with E-state index in [0.717, 1.165) is 16.7 Å². The molecule has 7 atom stereocenters. The number of likely N-dealkylation sites (N-methyl/N-ethyl adjacent to an activating group) is 3. The van der Waals surface area contributed by atoms with Crippen molar-refractivity contribution in [2.45, 2.75) is 104 Å². The highest BCUT2D eigenvalue weighted by Gasteiger charge is 2.44. The molecule has 312 valence electrons. The van der Waals surface area contributed by atoms with Crippen LogP contribution in [0.5, 0.6) is 0 Å². The molecule has 1 heterocycles. The molecule has 4 rings (SSSR count). The largest absolute Gasteiger partial charge is 0.450 e. The van der Waals surface area contributed by atoms with Crippen LogP contribution in [-0.4, -0.2) is 108 Å². The smallest absolute Gasteiger partial charge is 0.329 e. The van der Waals surface area contributed by atoms with Gasteiger partial charge in [-0.3, -0.25) is 14.4 Å². The average molecular weight is 798 g/mol. The third kappa shape index (κ3) is 11.3. The highest BCUT2D eigenvalue weighted by Crippen LogP contribution is 2.25. The van der Waals surface area contributed by atoms with Crippen LogP contribution < -0.4 is 0 Å². The lowest BCUT2D eigenvalue weighted by atomic mass is 9.97. The molecule has 0 N–H and O–H groups in total. The first-order valence-electron chi connectivity index (χ1n) is 20.1. The van der Waals surface area contributed by atoms with Crippen molar-refractivity contribution in [1.82, 2.24) is 14.7 Å². The summed E-state index contributed by atoms with van der Waals surface area (Å²) in [6.45, 7) is 10.5. The summed E-state index contributed by atoms with van der Waals surface area (Å²) in [6.07, 6.45) is -3.53. The Morgan fingerprint density at radius 3 is 0.966 bits per heavy atom. The first kappa shape index (κ1) is 45.2. The van der Waals surface area contributed by atoms with Crippen molar-refractivity contribution >= 4 is 35.6 Å². The fraction of sp³-hybridized carbons (Fsp3) is 0.478. The van der Waals surface area contributed by atoms with Gasteiger partial charge in [0, 0.05) is 46.3 Å². The van der Waals surface area contributed by atoms with Gasteiger partial charge in [0.05, 0.1) is 0 Å². The predicted molar refractivity (Wildman–Crippen MR) is 219 cm³/mol. The van der Waals surface area contributed by atoms with E-state index in [1.807, 2.05) is 85.8 Å². The number of carbonyl (C=O) groups excluding carboxylic acids is 6. The third-order valence-corrected chi connectivity index (χ3v) is 10.9. The number of hydrogen-bond acceptors (Lipinski definition) is 9. The van der Waals surface area contributed by atoms with Gasteiger partial charge in [0.15, 0.2) is 18.3 Å². The number of cyclic esters (lactones) is 3. The fourth-order valence-electron chi connectivity index (χ4n) is 6.89. The maximum absolute atomic E-state index is 14.6. The second kappa shape index (κ2) is 20.8. The Bertz CT molecular complexity index is 1810. The van der Waals surface area contributed by atoms with Crippen LogP contribution in [0.3, 0.4) is 0 Å². The van der Waals surface area contributed by atoms with E-state index in [-0.39, 0.29) is 19.3 Å². The molecule has 1 saturated heterocycles. The van der Waals surface area contributed by atoms with Crippen molar-refractivity contribution in [2.24, 2.45) is 17.8 Å². The van der Waals surface area contributed by atoms with Crippen LogP contribution in [0.1, 0.15) is 64.7 Å². The van der Waals surface area contributed by atoms with Gasteiger partial charge in [0.25, 0.3) is 17.7 Å². The van der Waals surface area contributed by atoms with Crippen molar-refractivity contribution in [1.29, 1.82) is 0 Å². The van der Waals surface area contributed by atoms with Crippen LogP contribution in [0.2, 0.25) is 0 Å². The molecule has 0 aromatic heterocycles. The lowest BCUT2D eigenvalue weighted by Crippen LogP contribution is -2.57. The van der Waals surface area contributed by atoms with Crippen LogP contribution in [0.25, 0.3) is 0 Å². The maximum Gasteiger partial charge on any atom is 0.329 e. The molecule has 0 radical (unpaired) electrons. The number of ether oxygens (including phenoxy) is 3. The van der Waals surface area contributed by atoms with E-state index in [0.29, 0.717) is 6.42 Å². The summed E-state index contributed by atoms with van der Waals surface area (Å²) in [6, 6.07) is 23.5. The Kier molecular flexibility index (Phi) is 16.2. The molecule has 1 unspecified atom stereocenters. The normalized spacial score (nSPS) is 23.9. The van der Waals surface area contributed by atoms with E-state index in [9.17, 15) is 28.8 Å². The number of carbonyl (C=O) groups is 6. The third-order valence-electron chi connectivity index (χ3n) is 10.9. The molecule has 1 fully saturated rings. The standard InChI is InChI=1S/C46H59N3O9/c1-10-31(6)40-43(52)49(9)36(27-33-22-16-12-17-23-33)45(54)57-38(29(2)3)41(50)47(7)35(26-32-20-14-11-15-21-32)44(53)56-39(30(4)5)42(51)48(8)37(46(55)58-40)28-34-24-18-13-19-25-34/h11-25,29-31,35-40H,10,26-28H2,1-9H3/t31-,35+,36+,37+,38-,39?,40-/m1/s1. The molecule has 12 heteroatoms. The van der Waals surface area contributed by atoms with Gasteiger partial charge in [0.1, 0.15) is 18.1 Å². The van der Waals surface area contributed by atoms with Crippen molar-refractivity contribution in [3.63, 3.8) is 0 Å². The first-order valence-corrected chi connectivity index (χ1v) is 20.1. The van der Waals surface area contributed by atoms with Gasteiger partial charge in [-0.05, 0) is 34.9 Å². The SMILES string of the molecule is CC[C@@H](C)[C@H]1OC(=O)[C@H](Cc2ccccc2)N(C)C(=O)C(C(C)C)OC(=O)[C@H](Cc2ccccc2)N(C)C(=O)[C@@H](C(C)C)OC(=O)[C@H](Cc2ccccc2)N(C)C1=O. The summed E-state index contributed by atoms with van der Waals surface area (Å²) in [5.41, 5.74) is 2.17. The molecule has 0 bridgehead atoms. The second-order valence-corrected chi connectivity index (χ2v) is 15.9. The highest BCUT2D eigenvalue weighted by atomic mass is 16.6.